The summed E-state index contributed by atoms with van der Waals surface area (Å²) in [4.78, 5) is 10.7. The Balaban J connectivity index is 2.83. The van der Waals surface area contributed by atoms with Gasteiger partial charge >= 0.3 is 5.97 Å². The van der Waals surface area contributed by atoms with Crippen molar-refractivity contribution in [3.05, 3.63) is 29.8 Å². The van der Waals surface area contributed by atoms with Gasteiger partial charge in [0.15, 0.2) is 9.84 Å². The highest BCUT2D eigenvalue weighted by atomic mass is 32.2. The molecule has 94 valence electrons. The third-order valence-corrected chi connectivity index (χ3v) is 4.22. The van der Waals surface area contributed by atoms with E-state index in [1.165, 1.54) is 12.1 Å². The molecule has 0 heterocycles. The normalized spacial score (nSPS) is 11.4. The summed E-state index contributed by atoms with van der Waals surface area (Å²) < 4.78 is 23.6. The van der Waals surface area contributed by atoms with Crippen molar-refractivity contribution >= 4 is 15.8 Å². The van der Waals surface area contributed by atoms with Gasteiger partial charge in [-0.15, -0.1) is 0 Å². The smallest absolute Gasteiger partial charge is 0.307 e. The molecule has 0 aliphatic heterocycles. The molecule has 5 heteroatoms. The van der Waals surface area contributed by atoms with Gasteiger partial charge in [-0.05, 0) is 24.1 Å². The molecule has 1 N–H and O–H groups in total. The molecule has 0 saturated carbocycles. The number of aliphatic carboxylic acids is 1. The molecular formula is C12H16O4S. The quantitative estimate of drug-likeness (QED) is 0.843. The van der Waals surface area contributed by atoms with Gasteiger partial charge in [0.05, 0.1) is 17.1 Å². The van der Waals surface area contributed by atoms with Crippen LogP contribution in [0, 0.1) is 0 Å². The van der Waals surface area contributed by atoms with E-state index in [0.717, 1.165) is 6.42 Å². The van der Waals surface area contributed by atoms with Gasteiger partial charge < -0.3 is 5.11 Å². The zero-order valence-corrected chi connectivity index (χ0v) is 10.5. The van der Waals surface area contributed by atoms with Gasteiger partial charge in [0.2, 0.25) is 0 Å². The van der Waals surface area contributed by atoms with Crippen molar-refractivity contribution < 1.29 is 18.3 Å². The Labute approximate surface area is 101 Å². The third-order valence-electron chi connectivity index (χ3n) is 2.40. The molecule has 0 saturated heterocycles. The maximum atomic E-state index is 11.8. The summed E-state index contributed by atoms with van der Waals surface area (Å²) in [5.41, 5.74) is 0.604. The Morgan fingerprint density at radius 3 is 2.29 bits per heavy atom. The van der Waals surface area contributed by atoms with Crippen LogP contribution in [0.4, 0.5) is 0 Å². The van der Waals surface area contributed by atoms with Crippen LogP contribution >= 0.6 is 0 Å². The topological polar surface area (TPSA) is 71.4 Å². The first kappa shape index (κ1) is 13.7. The molecule has 0 amide bonds. The Hall–Kier alpha value is -1.36. The van der Waals surface area contributed by atoms with Gasteiger partial charge in [-0.3, -0.25) is 4.79 Å². The average molecular weight is 256 g/mol. The molecule has 0 aliphatic carbocycles. The first-order valence-corrected chi connectivity index (χ1v) is 7.14. The maximum Gasteiger partial charge on any atom is 0.307 e. The van der Waals surface area contributed by atoms with Crippen LogP contribution in [0.15, 0.2) is 29.2 Å². The third kappa shape index (κ3) is 4.19. The molecule has 0 radical (unpaired) electrons. The van der Waals surface area contributed by atoms with Crippen molar-refractivity contribution in [3.63, 3.8) is 0 Å². The fourth-order valence-electron chi connectivity index (χ4n) is 1.44. The predicted octanol–water partition coefficient (Wildman–Crippen LogP) is 1.89. The summed E-state index contributed by atoms with van der Waals surface area (Å²) >= 11 is 0. The zero-order valence-electron chi connectivity index (χ0n) is 9.72. The number of hydrogen-bond acceptors (Lipinski definition) is 3. The molecule has 0 fully saturated rings. The predicted molar refractivity (Wildman–Crippen MR) is 64.7 cm³/mol. The van der Waals surface area contributed by atoms with Gasteiger partial charge in [-0.25, -0.2) is 8.42 Å². The second-order valence-corrected chi connectivity index (χ2v) is 6.00. The van der Waals surface area contributed by atoms with Gasteiger partial charge in [0.25, 0.3) is 0 Å². The summed E-state index contributed by atoms with van der Waals surface area (Å²) in [5.74, 6) is -0.784. The first-order chi connectivity index (χ1) is 7.95. The Kier molecular flexibility index (Phi) is 4.69. The summed E-state index contributed by atoms with van der Waals surface area (Å²) in [5, 5.41) is 8.59. The van der Waals surface area contributed by atoms with Crippen molar-refractivity contribution in [1.82, 2.24) is 0 Å². The molecule has 0 atom stereocenters. The van der Waals surface area contributed by atoms with Crippen LogP contribution in [0.25, 0.3) is 0 Å². The SMILES string of the molecule is CCCCS(=O)(=O)c1ccc(CC(=O)O)cc1. The highest BCUT2D eigenvalue weighted by Gasteiger charge is 2.13. The molecule has 0 aromatic heterocycles. The van der Waals surface area contributed by atoms with E-state index in [1.54, 1.807) is 12.1 Å². The molecule has 0 spiro atoms. The molecule has 1 rings (SSSR count). The number of unbranched alkanes of at least 4 members (excludes halogenated alkanes) is 1. The Morgan fingerprint density at radius 1 is 1.24 bits per heavy atom. The first-order valence-electron chi connectivity index (χ1n) is 5.49. The van der Waals surface area contributed by atoms with E-state index in [1.807, 2.05) is 6.92 Å². The van der Waals surface area contributed by atoms with Crippen LogP contribution < -0.4 is 0 Å². The van der Waals surface area contributed by atoms with E-state index in [9.17, 15) is 13.2 Å². The van der Waals surface area contributed by atoms with Crippen LogP contribution in [0.5, 0.6) is 0 Å². The lowest BCUT2D eigenvalue weighted by molar-refractivity contribution is -0.136. The number of carboxylic acid groups (broad SMARTS) is 1. The fraction of sp³-hybridized carbons (Fsp3) is 0.417. The minimum absolute atomic E-state index is 0.0880. The Morgan fingerprint density at radius 2 is 1.82 bits per heavy atom. The lowest BCUT2D eigenvalue weighted by Crippen LogP contribution is -2.07. The maximum absolute atomic E-state index is 11.8. The number of sulfone groups is 1. The molecule has 4 nitrogen and oxygen atoms in total. The van der Waals surface area contributed by atoms with Crippen LogP contribution in [0.3, 0.4) is 0 Å². The number of rotatable bonds is 6. The van der Waals surface area contributed by atoms with E-state index in [2.05, 4.69) is 0 Å². The van der Waals surface area contributed by atoms with Gasteiger partial charge in [-0.2, -0.15) is 0 Å². The van der Waals surface area contributed by atoms with E-state index in [4.69, 9.17) is 5.11 Å². The van der Waals surface area contributed by atoms with Crippen molar-refractivity contribution in [2.75, 3.05) is 5.75 Å². The van der Waals surface area contributed by atoms with E-state index < -0.39 is 15.8 Å². The standard InChI is InChI=1S/C12H16O4S/c1-2-3-8-17(15,16)11-6-4-10(5-7-11)9-12(13)14/h4-7H,2-3,8-9H2,1H3,(H,13,14). The van der Waals surface area contributed by atoms with Crippen molar-refractivity contribution in [2.45, 2.75) is 31.1 Å². The number of carbonyl (C=O) groups is 1. The Bertz CT molecular complexity index is 474. The summed E-state index contributed by atoms with van der Waals surface area (Å²) in [6.07, 6.45) is 1.38. The summed E-state index contributed by atoms with van der Waals surface area (Å²) in [6.45, 7) is 1.94. The van der Waals surface area contributed by atoms with Crippen molar-refractivity contribution in [2.24, 2.45) is 0 Å². The monoisotopic (exact) mass is 256 g/mol. The van der Waals surface area contributed by atoms with Crippen LogP contribution in [0.2, 0.25) is 0 Å². The van der Waals surface area contributed by atoms with Crippen molar-refractivity contribution in [1.29, 1.82) is 0 Å². The largest absolute Gasteiger partial charge is 0.481 e. The van der Waals surface area contributed by atoms with Crippen LogP contribution in [-0.2, 0) is 21.1 Å². The second-order valence-electron chi connectivity index (χ2n) is 3.89. The number of carboxylic acids is 1. The summed E-state index contributed by atoms with van der Waals surface area (Å²) in [6, 6.07) is 6.05. The van der Waals surface area contributed by atoms with E-state index in [-0.39, 0.29) is 17.1 Å². The molecule has 1 aromatic rings. The zero-order chi connectivity index (χ0) is 12.9. The summed E-state index contributed by atoms with van der Waals surface area (Å²) in [7, 11) is -3.22. The van der Waals surface area contributed by atoms with E-state index >= 15 is 0 Å². The van der Waals surface area contributed by atoms with Crippen LogP contribution in [-0.4, -0.2) is 25.2 Å². The molecule has 1 aromatic carbocycles. The second kappa shape index (κ2) is 5.82. The van der Waals surface area contributed by atoms with Crippen molar-refractivity contribution in [3.8, 4) is 0 Å². The fourth-order valence-corrected chi connectivity index (χ4v) is 2.90. The molecule has 17 heavy (non-hydrogen) atoms. The molecule has 0 bridgehead atoms. The van der Waals surface area contributed by atoms with Gasteiger partial charge in [-0.1, -0.05) is 25.5 Å². The average Bonchev–Trinajstić information content (AvgIpc) is 2.26. The molecule has 0 unspecified atom stereocenters. The van der Waals surface area contributed by atoms with Gasteiger partial charge in [0, 0.05) is 0 Å². The molecular weight excluding hydrogens is 240 g/mol. The van der Waals surface area contributed by atoms with E-state index in [0.29, 0.717) is 12.0 Å². The molecule has 0 aliphatic rings. The lowest BCUT2D eigenvalue weighted by Gasteiger charge is -2.04. The lowest BCUT2D eigenvalue weighted by atomic mass is 10.2. The highest BCUT2D eigenvalue weighted by Crippen LogP contribution is 2.14. The highest BCUT2D eigenvalue weighted by molar-refractivity contribution is 7.91. The number of hydrogen-bond donors (Lipinski definition) is 1. The minimum atomic E-state index is -3.22. The van der Waals surface area contributed by atoms with Crippen LogP contribution in [0.1, 0.15) is 25.3 Å². The van der Waals surface area contributed by atoms with Gasteiger partial charge in [0.1, 0.15) is 0 Å². The minimum Gasteiger partial charge on any atom is -0.481 e. The number of benzene rings is 1.